The van der Waals surface area contributed by atoms with Gasteiger partial charge >= 0.3 is 5.97 Å². The Hall–Kier alpha value is -1.84. The van der Waals surface area contributed by atoms with E-state index in [4.69, 9.17) is 4.74 Å². The predicted molar refractivity (Wildman–Crippen MR) is 91.1 cm³/mol. The molecule has 3 atom stereocenters. The third kappa shape index (κ3) is 5.70. The summed E-state index contributed by atoms with van der Waals surface area (Å²) in [6.07, 6.45) is 3.29. The van der Waals surface area contributed by atoms with Crippen LogP contribution in [0.2, 0.25) is 0 Å². The average molecular weight is 317 g/mol. The fourth-order valence-electron chi connectivity index (χ4n) is 2.93. The van der Waals surface area contributed by atoms with Gasteiger partial charge in [-0.2, -0.15) is 0 Å². The largest absolute Gasteiger partial charge is 0.462 e. The van der Waals surface area contributed by atoms with Gasteiger partial charge in [-0.25, -0.2) is 0 Å². The van der Waals surface area contributed by atoms with Gasteiger partial charge in [0.1, 0.15) is 6.10 Å². The van der Waals surface area contributed by atoms with Crippen molar-refractivity contribution in [2.75, 3.05) is 5.32 Å². The SMILES string of the molecule is Cc1ccc(NC(=O)CCC(=O)O[C@@H]2CC[C@H](C)[C@H](C)C2)cc1. The maximum absolute atomic E-state index is 11.9. The van der Waals surface area contributed by atoms with Crippen molar-refractivity contribution in [3.63, 3.8) is 0 Å². The summed E-state index contributed by atoms with van der Waals surface area (Å²) in [5.41, 5.74) is 1.90. The molecule has 1 amide bonds. The lowest BCUT2D eigenvalue weighted by Gasteiger charge is -2.31. The van der Waals surface area contributed by atoms with E-state index in [1.54, 1.807) is 0 Å². The number of aryl methyl sites for hydroxylation is 1. The van der Waals surface area contributed by atoms with E-state index in [1.807, 2.05) is 31.2 Å². The molecule has 0 bridgehead atoms. The van der Waals surface area contributed by atoms with Crippen molar-refractivity contribution in [1.29, 1.82) is 0 Å². The summed E-state index contributed by atoms with van der Waals surface area (Å²) >= 11 is 0. The van der Waals surface area contributed by atoms with E-state index in [1.165, 1.54) is 0 Å². The van der Waals surface area contributed by atoms with Crippen molar-refractivity contribution in [1.82, 2.24) is 0 Å². The van der Waals surface area contributed by atoms with Crippen molar-refractivity contribution in [3.8, 4) is 0 Å². The number of nitrogens with one attached hydrogen (secondary N) is 1. The van der Waals surface area contributed by atoms with Gasteiger partial charge in [0.05, 0.1) is 6.42 Å². The molecule has 0 unspecified atom stereocenters. The van der Waals surface area contributed by atoms with Crippen molar-refractivity contribution in [2.24, 2.45) is 11.8 Å². The molecule has 126 valence electrons. The molecule has 2 rings (SSSR count). The molecule has 1 fully saturated rings. The van der Waals surface area contributed by atoms with Crippen molar-refractivity contribution in [3.05, 3.63) is 29.8 Å². The number of esters is 1. The Balaban J connectivity index is 1.69. The number of ether oxygens (including phenoxy) is 1. The minimum atomic E-state index is -0.268. The van der Waals surface area contributed by atoms with Gasteiger partial charge in [0.25, 0.3) is 0 Å². The summed E-state index contributed by atoms with van der Waals surface area (Å²) in [6, 6.07) is 7.59. The number of benzene rings is 1. The standard InChI is InChI=1S/C19H27NO3/c1-13-4-7-16(8-5-13)20-18(21)10-11-19(22)23-17-9-6-14(2)15(3)12-17/h4-5,7-8,14-15,17H,6,9-12H2,1-3H3,(H,20,21)/t14-,15+,17+/m0/s1. The molecule has 4 nitrogen and oxygen atoms in total. The summed E-state index contributed by atoms with van der Waals surface area (Å²) < 4.78 is 5.51. The molecular formula is C19H27NO3. The topological polar surface area (TPSA) is 55.4 Å². The molecule has 1 aliphatic rings. The second kappa shape index (κ2) is 8.14. The lowest BCUT2D eigenvalue weighted by atomic mass is 9.80. The van der Waals surface area contributed by atoms with Crippen LogP contribution in [0.1, 0.15) is 51.5 Å². The molecule has 1 aliphatic carbocycles. The molecule has 0 aliphatic heterocycles. The zero-order chi connectivity index (χ0) is 16.8. The number of hydrogen-bond acceptors (Lipinski definition) is 3. The molecule has 23 heavy (non-hydrogen) atoms. The molecule has 0 aromatic heterocycles. The van der Waals surface area contributed by atoms with Gasteiger partial charge in [-0.15, -0.1) is 0 Å². The first-order valence-electron chi connectivity index (χ1n) is 8.50. The van der Waals surface area contributed by atoms with Gasteiger partial charge in [-0.05, 0) is 50.2 Å². The van der Waals surface area contributed by atoms with Gasteiger partial charge in [0, 0.05) is 12.1 Å². The Morgan fingerprint density at radius 3 is 2.43 bits per heavy atom. The Labute approximate surface area is 138 Å². The third-order valence-electron chi connectivity index (χ3n) is 4.74. The van der Waals surface area contributed by atoms with Crippen LogP contribution in [-0.4, -0.2) is 18.0 Å². The molecule has 4 heteroatoms. The number of carbonyl (C=O) groups excluding carboxylic acids is 2. The lowest BCUT2D eigenvalue weighted by Crippen LogP contribution is -2.29. The summed E-state index contributed by atoms with van der Waals surface area (Å²) in [4.78, 5) is 23.8. The van der Waals surface area contributed by atoms with E-state index in [0.29, 0.717) is 11.8 Å². The quantitative estimate of drug-likeness (QED) is 0.832. The highest BCUT2D eigenvalue weighted by molar-refractivity contribution is 5.92. The van der Waals surface area contributed by atoms with Crippen molar-refractivity contribution >= 4 is 17.6 Å². The van der Waals surface area contributed by atoms with Gasteiger partial charge in [-0.3, -0.25) is 9.59 Å². The minimum absolute atomic E-state index is 0.0221. The maximum atomic E-state index is 11.9. The minimum Gasteiger partial charge on any atom is -0.462 e. The van der Waals surface area contributed by atoms with Gasteiger partial charge in [0.15, 0.2) is 0 Å². The van der Waals surface area contributed by atoms with Crippen LogP contribution in [0.4, 0.5) is 5.69 Å². The maximum Gasteiger partial charge on any atom is 0.306 e. The van der Waals surface area contributed by atoms with Crippen LogP contribution < -0.4 is 5.32 Å². The highest BCUT2D eigenvalue weighted by atomic mass is 16.5. The van der Waals surface area contributed by atoms with E-state index >= 15 is 0 Å². The molecule has 0 spiro atoms. The van der Waals surface area contributed by atoms with Crippen LogP contribution in [0, 0.1) is 18.8 Å². The first-order valence-corrected chi connectivity index (χ1v) is 8.50. The molecular weight excluding hydrogens is 290 g/mol. The number of anilines is 1. The van der Waals surface area contributed by atoms with Crippen LogP contribution in [0.25, 0.3) is 0 Å². The molecule has 0 heterocycles. The third-order valence-corrected chi connectivity index (χ3v) is 4.74. The lowest BCUT2D eigenvalue weighted by molar-refractivity contribution is -0.152. The molecule has 0 radical (unpaired) electrons. The molecule has 1 saturated carbocycles. The molecule has 1 aromatic carbocycles. The zero-order valence-corrected chi connectivity index (χ0v) is 14.3. The number of carbonyl (C=O) groups is 2. The fourth-order valence-corrected chi connectivity index (χ4v) is 2.93. The Morgan fingerprint density at radius 1 is 1.09 bits per heavy atom. The molecule has 1 aromatic rings. The van der Waals surface area contributed by atoms with E-state index in [-0.39, 0.29) is 30.8 Å². The van der Waals surface area contributed by atoms with E-state index in [2.05, 4.69) is 19.2 Å². The zero-order valence-electron chi connectivity index (χ0n) is 14.3. The van der Waals surface area contributed by atoms with E-state index < -0.39 is 0 Å². The first-order chi connectivity index (χ1) is 10.9. The first kappa shape index (κ1) is 17.5. The number of amides is 1. The van der Waals surface area contributed by atoms with Crippen molar-refractivity contribution < 1.29 is 14.3 Å². The molecule has 1 N–H and O–H groups in total. The normalized spacial score (nSPS) is 24.0. The van der Waals surface area contributed by atoms with Gasteiger partial charge in [-0.1, -0.05) is 31.5 Å². The highest BCUT2D eigenvalue weighted by Crippen LogP contribution is 2.31. The Bertz CT molecular complexity index is 538. The second-order valence-electron chi connectivity index (χ2n) is 6.79. The van der Waals surface area contributed by atoms with Crippen LogP contribution in [0.5, 0.6) is 0 Å². The highest BCUT2D eigenvalue weighted by Gasteiger charge is 2.27. The smallest absolute Gasteiger partial charge is 0.306 e. The van der Waals surface area contributed by atoms with Gasteiger partial charge < -0.3 is 10.1 Å². The Morgan fingerprint density at radius 2 is 1.78 bits per heavy atom. The average Bonchev–Trinajstić information content (AvgIpc) is 2.51. The van der Waals surface area contributed by atoms with Crippen molar-refractivity contribution in [2.45, 2.75) is 59.0 Å². The van der Waals surface area contributed by atoms with E-state index in [0.717, 1.165) is 30.5 Å². The van der Waals surface area contributed by atoms with Crippen LogP contribution in [-0.2, 0) is 14.3 Å². The molecule has 0 saturated heterocycles. The van der Waals surface area contributed by atoms with Crippen LogP contribution >= 0.6 is 0 Å². The van der Waals surface area contributed by atoms with Crippen LogP contribution in [0.15, 0.2) is 24.3 Å². The Kier molecular flexibility index (Phi) is 6.20. The predicted octanol–water partition coefficient (Wildman–Crippen LogP) is 4.08. The van der Waals surface area contributed by atoms with Crippen LogP contribution in [0.3, 0.4) is 0 Å². The summed E-state index contributed by atoms with van der Waals surface area (Å²) in [5, 5.41) is 2.79. The number of rotatable bonds is 5. The number of hydrogen-bond donors (Lipinski definition) is 1. The van der Waals surface area contributed by atoms with Gasteiger partial charge in [0.2, 0.25) is 5.91 Å². The summed E-state index contributed by atoms with van der Waals surface area (Å²) in [6.45, 7) is 6.45. The second-order valence-corrected chi connectivity index (χ2v) is 6.79. The summed E-state index contributed by atoms with van der Waals surface area (Å²) in [7, 11) is 0. The fraction of sp³-hybridized carbons (Fsp3) is 0.579. The monoisotopic (exact) mass is 317 g/mol. The van der Waals surface area contributed by atoms with E-state index in [9.17, 15) is 9.59 Å². The summed E-state index contributed by atoms with van der Waals surface area (Å²) in [5.74, 6) is 0.865.